The zero-order valence-electron chi connectivity index (χ0n) is 20.0. The van der Waals surface area contributed by atoms with Gasteiger partial charge in [-0.05, 0) is 36.6 Å². The van der Waals surface area contributed by atoms with E-state index in [2.05, 4.69) is 4.72 Å². The van der Waals surface area contributed by atoms with Crippen LogP contribution in [-0.2, 0) is 31.3 Å². The number of carbonyl (C=O) groups is 1. The number of rotatable bonds is 8. The molecule has 2 N–H and O–H groups in total. The topological polar surface area (TPSA) is 133 Å². The fourth-order valence-electron chi connectivity index (χ4n) is 3.84. The first-order chi connectivity index (χ1) is 16.3. The van der Waals surface area contributed by atoms with E-state index in [-0.39, 0.29) is 47.8 Å². The third kappa shape index (κ3) is 6.73. The number of aliphatic hydroxyl groups excluding tert-OH is 1. The van der Waals surface area contributed by atoms with Crippen molar-refractivity contribution in [1.82, 2.24) is 9.21 Å². The molecule has 0 fully saturated rings. The third-order valence-corrected chi connectivity index (χ3v) is 9.62. The van der Waals surface area contributed by atoms with E-state index in [1.54, 1.807) is 35.4 Å². The molecule has 0 saturated heterocycles. The van der Waals surface area contributed by atoms with Crippen LogP contribution in [0.1, 0.15) is 19.4 Å². The quantitative estimate of drug-likeness (QED) is 0.515. The summed E-state index contributed by atoms with van der Waals surface area (Å²) in [5.74, 6) is -0.164. The predicted octanol–water partition coefficient (Wildman–Crippen LogP) is 1.59. The van der Waals surface area contributed by atoms with Gasteiger partial charge in [0.15, 0.2) is 0 Å². The number of thiophene rings is 1. The van der Waals surface area contributed by atoms with Crippen LogP contribution in [0.4, 0.5) is 5.69 Å². The monoisotopic (exact) mass is 545 g/mol. The highest BCUT2D eigenvalue weighted by atomic mass is 32.2. The number of fused-ring (bicyclic) bond motifs is 1. The van der Waals surface area contributed by atoms with Crippen molar-refractivity contribution in [3.05, 3.63) is 41.3 Å². The van der Waals surface area contributed by atoms with Gasteiger partial charge in [0, 0.05) is 30.8 Å². The van der Waals surface area contributed by atoms with Crippen molar-refractivity contribution < 1.29 is 31.5 Å². The second-order valence-electron chi connectivity index (χ2n) is 8.80. The molecule has 13 heteroatoms. The lowest BCUT2D eigenvalue weighted by Crippen LogP contribution is -2.48. The fraction of sp³-hybridized carbons (Fsp3) is 0.500. The number of sulfonamides is 2. The minimum atomic E-state index is -3.72. The van der Waals surface area contributed by atoms with Crippen LogP contribution in [0, 0.1) is 5.92 Å². The van der Waals surface area contributed by atoms with Crippen LogP contribution in [0.25, 0.3) is 0 Å². The van der Waals surface area contributed by atoms with Gasteiger partial charge in [0.25, 0.3) is 10.0 Å². The number of benzene rings is 1. The van der Waals surface area contributed by atoms with Crippen LogP contribution >= 0.6 is 11.3 Å². The standard InChI is InChI=1S/C22H31N3O7S3/c1-15-12-25(16(2)14-26)21(27)11-17-10-18(23-34(4,28)29)7-8-19(17)32-20(15)13-24(3)35(30,31)22-6-5-9-33-22/h5-10,15-16,20,23,26H,11-14H2,1-4H3/t15-,16+,20-/m1/s1. The van der Waals surface area contributed by atoms with Crippen molar-refractivity contribution in [2.24, 2.45) is 5.92 Å². The van der Waals surface area contributed by atoms with E-state index in [1.165, 1.54) is 23.5 Å². The maximum Gasteiger partial charge on any atom is 0.252 e. The zero-order chi connectivity index (χ0) is 26.0. The molecule has 194 valence electrons. The number of hydrogen-bond donors (Lipinski definition) is 2. The van der Waals surface area contributed by atoms with Gasteiger partial charge in [0.05, 0.1) is 31.9 Å². The van der Waals surface area contributed by atoms with Gasteiger partial charge < -0.3 is 14.7 Å². The second kappa shape index (κ2) is 10.8. The average molecular weight is 546 g/mol. The van der Waals surface area contributed by atoms with Gasteiger partial charge in [0.1, 0.15) is 16.1 Å². The van der Waals surface area contributed by atoms with E-state index >= 15 is 0 Å². The van der Waals surface area contributed by atoms with Gasteiger partial charge in [-0.2, -0.15) is 4.31 Å². The van der Waals surface area contributed by atoms with Gasteiger partial charge in [-0.3, -0.25) is 9.52 Å². The van der Waals surface area contributed by atoms with Crippen molar-refractivity contribution in [2.75, 3.05) is 37.7 Å². The molecule has 3 atom stereocenters. The first-order valence-electron chi connectivity index (χ1n) is 11.0. The molecule has 0 unspecified atom stereocenters. The van der Waals surface area contributed by atoms with Gasteiger partial charge in [0.2, 0.25) is 15.9 Å². The van der Waals surface area contributed by atoms with Crippen molar-refractivity contribution in [3.63, 3.8) is 0 Å². The molecule has 10 nitrogen and oxygen atoms in total. The summed E-state index contributed by atoms with van der Waals surface area (Å²) in [7, 11) is -5.77. The maximum absolute atomic E-state index is 13.2. The number of carbonyl (C=O) groups excluding carboxylic acids is 1. The lowest BCUT2D eigenvalue weighted by Gasteiger charge is -2.33. The Morgan fingerprint density at radius 1 is 1.29 bits per heavy atom. The van der Waals surface area contributed by atoms with E-state index in [0.29, 0.717) is 11.3 Å². The highest BCUT2D eigenvalue weighted by Crippen LogP contribution is 2.30. The molecule has 2 aromatic rings. The fourth-order valence-corrected chi connectivity index (χ4v) is 6.78. The number of nitrogens with zero attached hydrogens (tertiary/aromatic N) is 2. The normalized spacial score (nSPS) is 20.4. The van der Waals surface area contributed by atoms with Gasteiger partial charge in [-0.15, -0.1) is 11.3 Å². The predicted molar refractivity (Wildman–Crippen MR) is 135 cm³/mol. The molecule has 0 bridgehead atoms. The lowest BCUT2D eigenvalue weighted by atomic mass is 10.0. The Balaban J connectivity index is 1.99. The molecule has 1 aromatic heterocycles. The number of ether oxygens (including phenoxy) is 1. The molecular weight excluding hydrogens is 514 g/mol. The molecule has 35 heavy (non-hydrogen) atoms. The Labute approximate surface area is 210 Å². The Hall–Kier alpha value is -2.19. The van der Waals surface area contributed by atoms with Crippen molar-refractivity contribution >= 4 is 43.0 Å². The largest absolute Gasteiger partial charge is 0.488 e. The zero-order valence-corrected chi connectivity index (χ0v) is 22.5. The van der Waals surface area contributed by atoms with E-state index < -0.39 is 32.2 Å². The minimum Gasteiger partial charge on any atom is -0.488 e. The summed E-state index contributed by atoms with van der Waals surface area (Å²) in [5.41, 5.74) is 0.743. The van der Waals surface area contributed by atoms with Crippen LogP contribution in [0.15, 0.2) is 39.9 Å². The van der Waals surface area contributed by atoms with Crippen LogP contribution in [0.2, 0.25) is 0 Å². The van der Waals surface area contributed by atoms with E-state index in [9.17, 15) is 26.7 Å². The van der Waals surface area contributed by atoms with Crippen molar-refractivity contribution in [1.29, 1.82) is 0 Å². The molecule has 3 rings (SSSR count). The Morgan fingerprint density at radius 2 is 2.00 bits per heavy atom. The summed E-state index contributed by atoms with van der Waals surface area (Å²) in [4.78, 5) is 14.7. The highest BCUT2D eigenvalue weighted by Gasteiger charge is 2.33. The summed E-state index contributed by atoms with van der Waals surface area (Å²) in [6.07, 6.45) is 0.339. The van der Waals surface area contributed by atoms with Crippen molar-refractivity contribution in [2.45, 2.75) is 36.6 Å². The molecule has 1 amide bonds. The molecule has 0 spiro atoms. The number of amides is 1. The summed E-state index contributed by atoms with van der Waals surface area (Å²) < 4.78 is 59.5. The number of anilines is 1. The van der Waals surface area contributed by atoms with Crippen LogP contribution < -0.4 is 9.46 Å². The SMILES string of the molecule is C[C@@H]1CN([C@@H](C)CO)C(=O)Cc2cc(NS(C)(=O)=O)ccc2O[C@@H]1CN(C)S(=O)(=O)c1cccs1. The third-order valence-electron chi connectivity index (χ3n) is 5.82. The van der Waals surface area contributed by atoms with E-state index in [1.807, 2.05) is 6.92 Å². The van der Waals surface area contributed by atoms with Crippen LogP contribution in [0.3, 0.4) is 0 Å². The van der Waals surface area contributed by atoms with Crippen LogP contribution in [-0.4, -0.2) is 82.2 Å². The Kier molecular flexibility index (Phi) is 8.48. The molecule has 2 heterocycles. The summed E-state index contributed by atoms with van der Waals surface area (Å²) >= 11 is 1.13. The van der Waals surface area contributed by atoms with Gasteiger partial charge in [-0.25, -0.2) is 16.8 Å². The van der Waals surface area contributed by atoms with Crippen LogP contribution in [0.5, 0.6) is 5.75 Å². The van der Waals surface area contributed by atoms with Crippen molar-refractivity contribution in [3.8, 4) is 5.75 Å². The number of nitrogens with one attached hydrogen (secondary N) is 1. The van der Waals surface area contributed by atoms with Gasteiger partial charge >= 0.3 is 0 Å². The first-order valence-corrected chi connectivity index (χ1v) is 15.2. The first kappa shape index (κ1) is 27.4. The maximum atomic E-state index is 13.2. The molecule has 1 aromatic carbocycles. The molecular formula is C22H31N3O7S3. The summed E-state index contributed by atoms with van der Waals surface area (Å²) in [6.45, 7) is 3.64. The summed E-state index contributed by atoms with van der Waals surface area (Å²) in [6, 6.07) is 7.40. The molecule has 0 aliphatic carbocycles. The molecule has 0 radical (unpaired) electrons. The molecule has 1 aliphatic rings. The highest BCUT2D eigenvalue weighted by molar-refractivity contribution is 7.92. The van der Waals surface area contributed by atoms with Gasteiger partial charge in [-0.1, -0.05) is 13.0 Å². The number of aliphatic hydroxyl groups is 1. The lowest BCUT2D eigenvalue weighted by molar-refractivity contribution is -0.134. The smallest absolute Gasteiger partial charge is 0.252 e. The number of likely N-dealkylation sites (N-methyl/N-ethyl adjacent to an activating group) is 1. The number of hydrogen-bond acceptors (Lipinski definition) is 8. The van der Waals surface area contributed by atoms with E-state index in [4.69, 9.17) is 4.74 Å². The second-order valence-corrected chi connectivity index (χ2v) is 13.8. The molecule has 1 aliphatic heterocycles. The minimum absolute atomic E-state index is 0.0275. The molecule has 0 saturated carbocycles. The Morgan fingerprint density at radius 3 is 2.60 bits per heavy atom. The van der Waals surface area contributed by atoms with E-state index in [0.717, 1.165) is 17.6 Å². The average Bonchev–Trinajstić information content (AvgIpc) is 3.32. The summed E-state index contributed by atoms with van der Waals surface area (Å²) in [5, 5.41) is 11.4. The Bertz CT molecular complexity index is 1250.